The van der Waals surface area contributed by atoms with E-state index in [1.165, 1.54) is 11.3 Å². The van der Waals surface area contributed by atoms with Gasteiger partial charge in [0.05, 0.1) is 5.69 Å². The third-order valence-electron chi connectivity index (χ3n) is 3.62. The molecule has 0 radical (unpaired) electrons. The molecule has 0 saturated carbocycles. The van der Waals surface area contributed by atoms with Crippen LogP contribution < -0.4 is 0 Å². The van der Waals surface area contributed by atoms with Gasteiger partial charge in [-0.1, -0.05) is 18.2 Å². The van der Waals surface area contributed by atoms with E-state index in [0.717, 1.165) is 15.2 Å². The number of thiazole rings is 1. The number of nitrogens with zero attached hydrogens (tertiary/aromatic N) is 2. The summed E-state index contributed by atoms with van der Waals surface area (Å²) in [5, 5.41) is 12.6. The van der Waals surface area contributed by atoms with Crippen LogP contribution in [0.3, 0.4) is 0 Å². The third-order valence-corrected chi connectivity index (χ3v) is 4.99. The van der Waals surface area contributed by atoms with Crippen molar-refractivity contribution in [3.63, 3.8) is 0 Å². The first-order chi connectivity index (χ1) is 9.50. The van der Waals surface area contributed by atoms with Crippen LogP contribution in [0.4, 0.5) is 0 Å². The van der Waals surface area contributed by atoms with E-state index in [-0.39, 0.29) is 5.91 Å². The van der Waals surface area contributed by atoms with Crippen LogP contribution in [0.1, 0.15) is 12.0 Å². The van der Waals surface area contributed by atoms with Gasteiger partial charge in [0.15, 0.2) is 9.52 Å². The third kappa shape index (κ3) is 2.17. The summed E-state index contributed by atoms with van der Waals surface area (Å²) in [4.78, 5) is 18.1. The van der Waals surface area contributed by atoms with Crippen molar-refractivity contribution in [3.05, 3.63) is 39.1 Å². The Morgan fingerprint density at radius 3 is 2.90 bits per heavy atom. The maximum absolute atomic E-state index is 12.1. The van der Waals surface area contributed by atoms with Crippen molar-refractivity contribution in [2.45, 2.75) is 12.0 Å². The minimum absolute atomic E-state index is 0.242. The second-order valence-electron chi connectivity index (χ2n) is 4.90. The summed E-state index contributed by atoms with van der Waals surface area (Å²) >= 11 is 4.84. The lowest BCUT2D eigenvalue weighted by atomic mass is 9.91. The van der Waals surface area contributed by atoms with E-state index in [4.69, 9.17) is 0 Å². The van der Waals surface area contributed by atoms with E-state index >= 15 is 0 Å². The molecule has 2 heterocycles. The van der Waals surface area contributed by atoms with Gasteiger partial charge in [0, 0.05) is 31.0 Å². The van der Waals surface area contributed by atoms with Crippen molar-refractivity contribution in [2.75, 3.05) is 13.6 Å². The normalized spacial score (nSPS) is 22.6. The molecule has 0 aliphatic carbocycles. The summed E-state index contributed by atoms with van der Waals surface area (Å²) in [6, 6.07) is 7.42. The Morgan fingerprint density at radius 2 is 2.30 bits per heavy atom. The van der Waals surface area contributed by atoms with E-state index in [9.17, 15) is 9.90 Å². The van der Waals surface area contributed by atoms with E-state index in [0.29, 0.717) is 18.5 Å². The number of likely N-dealkylation sites (tertiary alicyclic amines) is 1. The molecule has 1 saturated heterocycles. The molecule has 0 spiro atoms. The maximum Gasteiger partial charge on any atom is 0.258 e. The molecule has 1 aromatic carbocycles. The zero-order valence-electron chi connectivity index (χ0n) is 10.8. The van der Waals surface area contributed by atoms with Crippen molar-refractivity contribution in [1.29, 1.82) is 0 Å². The monoisotopic (exact) mass is 352 g/mol. The van der Waals surface area contributed by atoms with Gasteiger partial charge in [-0.15, -0.1) is 11.3 Å². The van der Waals surface area contributed by atoms with Gasteiger partial charge in [0.25, 0.3) is 5.91 Å². The van der Waals surface area contributed by atoms with Gasteiger partial charge in [0.1, 0.15) is 0 Å². The molecule has 4 nitrogen and oxygen atoms in total. The Bertz CT molecular complexity index is 673. The van der Waals surface area contributed by atoms with Crippen molar-refractivity contribution in [2.24, 2.45) is 0 Å². The average Bonchev–Trinajstić information content (AvgIpc) is 3.00. The van der Waals surface area contributed by atoms with E-state index in [1.54, 1.807) is 18.0 Å². The topological polar surface area (TPSA) is 53.4 Å². The molecule has 20 heavy (non-hydrogen) atoms. The smallest absolute Gasteiger partial charge is 0.258 e. The number of amides is 1. The van der Waals surface area contributed by atoms with Crippen LogP contribution in [0.15, 0.2) is 33.6 Å². The summed E-state index contributed by atoms with van der Waals surface area (Å²) < 4.78 is 0.813. The molecule has 1 aromatic heterocycles. The van der Waals surface area contributed by atoms with E-state index in [1.807, 2.05) is 23.6 Å². The molecular weight excluding hydrogens is 340 g/mol. The number of rotatable bonds is 2. The quantitative estimate of drug-likeness (QED) is 0.903. The lowest BCUT2D eigenvalue weighted by molar-refractivity contribution is -0.143. The van der Waals surface area contributed by atoms with Crippen molar-refractivity contribution >= 4 is 33.2 Å². The average molecular weight is 353 g/mol. The molecule has 1 aliphatic heterocycles. The zero-order valence-corrected chi connectivity index (χ0v) is 13.2. The molecule has 0 bridgehead atoms. The molecule has 1 aliphatic rings. The Balaban J connectivity index is 2.02. The second kappa shape index (κ2) is 4.95. The molecule has 1 atom stereocenters. The van der Waals surface area contributed by atoms with Crippen molar-refractivity contribution < 1.29 is 9.90 Å². The first-order valence-corrected chi connectivity index (χ1v) is 7.88. The fourth-order valence-electron chi connectivity index (χ4n) is 2.44. The summed E-state index contributed by atoms with van der Waals surface area (Å²) in [5.74, 6) is -0.242. The van der Waals surface area contributed by atoms with E-state index in [2.05, 4.69) is 20.9 Å². The molecule has 3 rings (SSSR count). The minimum Gasteiger partial charge on any atom is -0.375 e. The number of hydrogen-bond acceptors (Lipinski definition) is 4. The largest absolute Gasteiger partial charge is 0.375 e. The van der Waals surface area contributed by atoms with Gasteiger partial charge in [-0.2, -0.15) is 0 Å². The summed E-state index contributed by atoms with van der Waals surface area (Å²) in [7, 11) is 1.71. The summed E-state index contributed by atoms with van der Waals surface area (Å²) in [6.07, 6.45) is 0.423. The lowest BCUT2D eigenvalue weighted by Crippen LogP contribution is -2.36. The Kier molecular flexibility index (Phi) is 3.40. The van der Waals surface area contributed by atoms with Crippen molar-refractivity contribution in [1.82, 2.24) is 9.88 Å². The lowest BCUT2D eigenvalue weighted by Gasteiger charge is -2.21. The summed E-state index contributed by atoms with van der Waals surface area (Å²) in [6.45, 7) is 0.571. The highest BCUT2D eigenvalue weighted by Crippen LogP contribution is 2.35. The Hall–Kier alpha value is -1.24. The molecule has 0 unspecified atom stereocenters. The number of aromatic nitrogens is 1. The number of likely N-dealkylation sites (N-methyl/N-ethyl adjacent to an activating group) is 1. The first-order valence-electron chi connectivity index (χ1n) is 6.20. The van der Waals surface area contributed by atoms with Crippen LogP contribution in [0.5, 0.6) is 0 Å². The standard InChI is InChI=1S/C14H13BrN2O2S/c1-17-6-5-14(19,12(17)18)10-4-2-3-9(7-10)11-8-20-13(15)16-11/h2-4,7-8,19H,5-6H2,1H3/t14-/m0/s1. The van der Waals surface area contributed by atoms with Crippen LogP contribution >= 0.6 is 27.3 Å². The number of aliphatic hydroxyl groups is 1. The van der Waals surface area contributed by atoms with Gasteiger partial charge < -0.3 is 10.0 Å². The maximum atomic E-state index is 12.1. The number of carbonyl (C=O) groups excluding carboxylic acids is 1. The number of halogens is 1. The van der Waals surface area contributed by atoms with Crippen LogP contribution in [-0.2, 0) is 10.4 Å². The highest BCUT2D eigenvalue weighted by molar-refractivity contribution is 9.11. The molecule has 104 valence electrons. The van der Waals surface area contributed by atoms with Gasteiger partial charge in [0.2, 0.25) is 0 Å². The fourth-order valence-corrected chi connectivity index (χ4v) is 3.46. The molecule has 1 fully saturated rings. The van der Waals surface area contributed by atoms with Gasteiger partial charge in [-0.25, -0.2) is 4.98 Å². The van der Waals surface area contributed by atoms with Crippen molar-refractivity contribution in [3.8, 4) is 11.3 Å². The Labute approximate surface area is 129 Å². The van der Waals surface area contributed by atoms with Gasteiger partial charge in [-0.05, 0) is 27.6 Å². The summed E-state index contributed by atoms with van der Waals surface area (Å²) in [5.41, 5.74) is 0.970. The SMILES string of the molecule is CN1CC[C@](O)(c2cccc(-c3csc(Br)n3)c2)C1=O. The zero-order chi connectivity index (χ0) is 14.3. The first kappa shape index (κ1) is 13.7. The predicted molar refractivity (Wildman–Crippen MR) is 81.4 cm³/mol. The number of benzene rings is 1. The predicted octanol–water partition coefficient (Wildman–Crippen LogP) is 2.62. The van der Waals surface area contributed by atoms with Crippen LogP contribution in [0.25, 0.3) is 11.3 Å². The van der Waals surface area contributed by atoms with Gasteiger partial charge >= 0.3 is 0 Å². The van der Waals surface area contributed by atoms with Crippen LogP contribution in [0.2, 0.25) is 0 Å². The number of hydrogen-bond donors (Lipinski definition) is 1. The molecular formula is C14H13BrN2O2S. The number of carbonyl (C=O) groups is 1. The second-order valence-corrected chi connectivity index (χ2v) is 7.04. The Morgan fingerprint density at radius 1 is 1.50 bits per heavy atom. The molecule has 2 aromatic rings. The highest BCUT2D eigenvalue weighted by Gasteiger charge is 2.45. The molecule has 1 amide bonds. The highest BCUT2D eigenvalue weighted by atomic mass is 79.9. The van der Waals surface area contributed by atoms with E-state index < -0.39 is 5.60 Å². The fraction of sp³-hybridized carbons (Fsp3) is 0.286. The minimum atomic E-state index is -1.40. The van der Waals surface area contributed by atoms with Gasteiger partial charge in [-0.3, -0.25) is 4.79 Å². The molecule has 6 heteroatoms. The van der Waals surface area contributed by atoms with Crippen LogP contribution in [0, 0.1) is 0 Å². The van der Waals surface area contributed by atoms with Crippen LogP contribution in [-0.4, -0.2) is 34.5 Å². The molecule has 1 N–H and O–H groups in total.